The van der Waals surface area contributed by atoms with E-state index in [1.165, 1.54) is 11.8 Å². The highest BCUT2D eigenvalue weighted by Gasteiger charge is 2.21. The van der Waals surface area contributed by atoms with Crippen LogP contribution in [0.2, 0.25) is 5.02 Å². The van der Waals surface area contributed by atoms with E-state index in [0.717, 1.165) is 0 Å². The van der Waals surface area contributed by atoms with Gasteiger partial charge in [-0.1, -0.05) is 40.7 Å². The number of nitrogens with zero attached hydrogens (tertiary/aromatic N) is 4. The van der Waals surface area contributed by atoms with Crippen LogP contribution in [0.15, 0.2) is 56.9 Å². The van der Waals surface area contributed by atoms with Gasteiger partial charge in [0, 0.05) is 5.02 Å². The van der Waals surface area contributed by atoms with Gasteiger partial charge in [-0.05, 0) is 44.2 Å². The van der Waals surface area contributed by atoms with E-state index in [2.05, 4.69) is 10.1 Å². The number of aromatic nitrogens is 4. The number of halogens is 1. The van der Waals surface area contributed by atoms with Crippen LogP contribution in [0, 0.1) is 6.92 Å². The van der Waals surface area contributed by atoms with Crippen molar-refractivity contribution in [3.63, 3.8) is 0 Å². The quantitative estimate of drug-likeness (QED) is 0.339. The number of para-hydroxylation sites is 2. The zero-order chi connectivity index (χ0) is 20.5. The van der Waals surface area contributed by atoms with Crippen LogP contribution in [0.3, 0.4) is 0 Å². The summed E-state index contributed by atoms with van der Waals surface area (Å²) in [7, 11) is 1.56. The van der Waals surface area contributed by atoms with Crippen molar-refractivity contribution in [3.8, 4) is 11.4 Å². The minimum atomic E-state index is -0.222. The van der Waals surface area contributed by atoms with Crippen molar-refractivity contribution in [1.82, 2.24) is 19.7 Å². The minimum Gasteiger partial charge on any atom is -0.495 e. The van der Waals surface area contributed by atoms with Gasteiger partial charge in [0.1, 0.15) is 5.75 Å². The summed E-state index contributed by atoms with van der Waals surface area (Å²) in [5, 5.41) is 5.06. The SMILES string of the molecule is COc1ccccc1-n1c(SC(C)c2nc(C)no2)nc2cc(Cl)ccc2c1=O. The Morgan fingerprint density at radius 3 is 2.72 bits per heavy atom. The first kappa shape index (κ1) is 19.5. The molecule has 2 aromatic carbocycles. The average Bonchev–Trinajstić information content (AvgIpc) is 3.14. The molecule has 0 N–H and O–H groups in total. The Morgan fingerprint density at radius 2 is 2.00 bits per heavy atom. The fourth-order valence-electron chi connectivity index (χ4n) is 2.93. The van der Waals surface area contributed by atoms with Gasteiger partial charge >= 0.3 is 0 Å². The second-order valence-electron chi connectivity index (χ2n) is 6.31. The Hall–Kier alpha value is -2.84. The van der Waals surface area contributed by atoms with E-state index < -0.39 is 0 Å². The summed E-state index contributed by atoms with van der Waals surface area (Å²) in [4.78, 5) is 22.4. The van der Waals surface area contributed by atoms with Crippen molar-refractivity contribution in [1.29, 1.82) is 0 Å². The van der Waals surface area contributed by atoms with E-state index in [-0.39, 0.29) is 10.8 Å². The van der Waals surface area contributed by atoms with Crippen molar-refractivity contribution < 1.29 is 9.26 Å². The summed E-state index contributed by atoms with van der Waals surface area (Å²) in [5.74, 6) is 1.57. The molecule has 2 aromatic heterocycles. The molecule has 29 heavy (non-hydrogen) atoms. The molecular formula is C20H17ClN4O3S. The van der Waals surface area contributed by atoms with Gasteiger partial charge in [0.05, 0.1) is 29.0 Å². The monoisotopic (exact) mass is 428 g/mol. The molecule has 0 amide bonds. The molecule has 0 spiro atoms. The number of fused-ring (bicyclic) bond motifs is 1. The molecule has 4 rings (SSSR count). The number of ether oxygens (including phenoxy) is 1. The number of hydrogen-bond donors (Lipinski definition) is 0. The fraction of sp³-hybridized carbons (Fsp3) is 0.200. The van der Waals surface area contributed by atoms with Gasteiger partial charge in [0.25, 0.3) is 5.56 Å². The van der Waals surface area contributed by atoms with Gasteiger partial charge in [0.15, 0.2) is 11.0 Å². The van der Waals surface area contributed by atoms with Crippen molar-refractivity contribution >= 4 is 34.3 Å². The number of thioether (sulfide) groups is 1. The topological polar surface area (TPSA) is 83.0 Å². The third-order valence-corrected chi connectivity index (χ3v) is 5.57. The molecule has 9 heteroatoms. The molecule has 7 nitrogen and oxygen atoms in total. The number of aryl methyl sites for hydroxylation is 1. The summed E-state index contributed by atoms with van der Waals surface area (Å²) < 4.78 is 12.3. The van der Waals surface area contributed by atoms with E-state index in [1.807, 2.05) is 25.1 Å². The Kier molecular flexibility index (Phi) is 5.29. The predicted molar refractivity (Wildman–Crippen MR) is 112 cm³/mol. The Bertz CT molecular complexity index is 1250. The molecule has 0 fully saturated rings. The van der Waals surface area contributed by atoms with Crippen molar-refractivity contribution in [2.45, 2.75) is 24.3 Å². The maximum absolute atomic E-state index is 13.4. The van der Waals surface area contributed by atoms with Crippen LogP contribution in [0.5, 0.6) is 5.75 Å². The first-order chi connectivity index (χ1) is 14.0. The summed E-state index contributed by atoms with van der Waals surface area (Å²) in [6, 6.07) is 12.3. The fourth-order valence-corrected chi connectivity index (χ4v) is 4.05. The van der Waals surface area contributed by atoms with Crippen LogP contribution < -0.4 is 10.3 Å². The second kappa shape index (κ2) is 7.88. The zero-order valence-corrected chi connectivity index (χ0v) is 17.5. The first-order valence-corrected chi connectivity index (χ1v) is 10.1. The molecule has 0 bridgehead atoms. The number of hydrogen-bond acceptors (Lipinski definition) is 7. The average molecular weight is 429 g/mol. The molecule has 1 unspecified atom stereocenters. The van der Waals surface area contributed by atoms with Crippen LogP contribution in [0.25, 0.3) is 16.6 Å². The van der Waals surface area contributed by atoms with Crippen LogP contribution in [0.1, 0.15) is 23.9 Å². The highest BCUT2D eigenvalue weighted by molar-refractivity contribution is 7.99. The lowest BCUT2D eigenvalue weighted by molar-refractivity contribution is 0.376. The van der Waals surface area contributed by atoms with Gasteiger partial charge in [-0.2, -0.15) is 4.98 Å². The van der Waals surface area contributed by atoms with Crippen LogP contribution in [-0.2, 0) is 0 Å². The van der Waals surface area contributed by atoms with Crippen molar-refractivity contribution in [2.75, 3.05) is 7.11 Å². The van der Waals surface area contributed by atoms with E-state index in [1.54, 1.807) is 42.9 Å². The standard InChI is InChI=1S/C20H17ClN4O3S/c1-11(18-22-12(2)24-28-18)29-20-23-15-10-13(21)8-9-14(15)19(26)25(20)16-6-4-5-7-17(16)27-3/h4-11H,1-3H3. The number of benzene rings is 2. The van der Waals surface area contributed by atoms with Gasteiger partial charge in [-0.3, -0.25) is 9.36 Å². The van der Waals surface area contributed by atoms with Gasteiger partial charge in [0.2, 0.25) is 5.89 Å². The third-order valence-electron chi connectivity index (χ3n) is 4.30. The Morgan fingerprint density at radius 1 is 1.21 bits per heavy atom. The molecular weight excluding hydrogens is 412 g/mol. The molecule has 0 radical (unpaired) electrons. The van der Waals surface area contributed by atoms with E-state index >= 15 is 0 Å². The van der Waals surface area contributed by atoms with Gasteiger partial charge in [-0.25, -0.2) is 4.98 Å². The largest absolute Gasteiger partial charge is 0.495 e. The minimum absolute atomic E-state index is 0.215. The highest BCUT2D eigenvalue weighted by atomic mass is 35.5. The van der Waals surface area contributed by atoms with E-state index in [9.17, 15) is 4.79 Å². The number of methoxy groups -OCH3 is 1. The van der Waals surface area contributed by atoms with Gasteiger partial charge in [-0.15, -0.1) is 0 Å². The summed E-state index contributed by atoms with van der Waals surface area (Å²) >= 11 is 7.47. The first-order valence-electron chi connectivity index (χ1n) is 8.80. The van der Waals surface area contributed by atoms with E-state index in [0.29, 0.717) is 44.2 Å². The zero-order valence-electron chi connectivity index (χ0n) is 15.9. The maximum atomic E-state index is 13.4. The van der Waals surface area contributed by atoms with E-state index in [4.69, 9.17) is 25.8 Å². The highest BCUT2D eigenvalue weighted by Crippen LogP contribution is 2.35. The molecule has 4 aromatic rings. The summed E-state index contributed by atoms with van der Waals surface area (Å²) in [6.45, 7) is 3.67. The third kappa shape index (κ3) is 3.73. The van der Waals surface area contributed by atoms with Crippen molar-refractivity contribution in [3.05, 3.63) is 69.6 Å². The molecule has 0 saturated carbocycles. The maximum Gasteiger partial charge on any atom is 0.266 e. The second-order valence-corrected chi connectivity index (χ2v) is 8.05. The molecule has 2 heterocycles. The molecule has 0 aliphatic heterocycles. The number of rotatable bonds is 5. The molecule has 0 saturated heterocycles. The molecule has 148 valence electrons. The smallest absolute Gasteiger partial charge is 0.266 e. The molecule has 0 aliphatic rings. The molecule has 0 aliphatic carbocycles. The Balaban J connectivity index is 1.94. The van der Waals surface area contributed by atoms with Crippen LogP contribution in [-0.4, -0.2) is 26.8 Å². The van der Waals surface area contributed by atoms with Crippen LogP contribution in [0.4, 0.5) is 0 Å². The molecule has 1 atom stereocenters. The lowest BCUT2D eigenvalue weighted by Gasteiger charge is -2.17. The summed E-state index contributed by atoms with van der Waals surface area (Å²) in [5.41, 5.74) is 0.901. The summed E-state index contributed by atoms with van der Waals surface area (Å²) in [6.07, 6.45) is 0. The van der Waals surface area contributed by atoms with Crippen LogP contribution >= 0.6 is 23.4 Å². The van der Waals surface area contributed by atoms with Crippen molar-refractivity contribution in [2.24, 2.45) is 0 Å². The lowest BCUT2D eigenvalue weighted by atomic mass is 10.2. The normalized spacial score (nSPS) is 12.3. The lowest BCUT2D eigenvalue weighted by Crippen LogP contribution is -2.22. The Labute approximate surface area is 175 Å². The van der Waals surface area contributed by atoms with Gasteiger partial charge < -0.3 is 9.26 Å². The predicted octanol–water partition coefficient (Wildman–Crippen LogP) is 4.59.